The lowest BCUT2D eigenvalue weighted by molar-refractivity contribution is -0.134. The van der Waals surface area contributed by atoms with Crippen molar-refractivity contribution >= 4 is 22.5 Å². The summed E-state index contributed by atoms with van der Waals surface area (Å²) >= 11 is 0. The second-order valence-corrected chi connectivity index (χ2v) is 6.37. The molecule has 0 aliphatic heterocycles. The molecule has 1 unspecified atom stereocenters. The van der Waals surface area contributed by atoms with Gasteiger partial charge in [-0.25, -0.2) is 4.68 Å². The summed E-state index contributed by atoms with van der Waals surface area (Å²) in [5.74, 6) is 0.568. The van der Waals surface area contributed by atoms with Crippen molar-refractivity contribution in [3.8, 4) is 0 Å². The van der Waals surface area contributed by atoms with E-state index in [4.69, 9.17) is 4.42 Å². The highest BCUT2D eigenvalue weighted by Crippen LogP contribution is 2.21. The number of nitrogens with zero attached hydrogens (tertiary/aromatic N) is 4. The summed E-state index contributed by atoms with van der Waals surface area (Å²) in [6.45, 7) is 6.49. The second kappa shape index (κ2) is 6.74. The van der Waals surface area contributed by atoms with Crippen LogP contribution in [0.2, 0.25) is 0 Å². The van der Waals surface area contributed by atoms with Gasteiger partial charge in [0, 0.05) is 25.7 Å². The van der Waals surface area contributed by atoms with Crippen molar-refractivity contribution < 1.29 is 9.21 Å². The number of hydrogen-bond donors (Lipinski definition) is 0. The van der Waals surface area contributed by atoms with Crippen molar-refractivity contribution in [2.75, 3.05) is 13.6 Å². The van der Waals surface area contributed by atoms with Crippen LogP contribution in [0.3, 0.4) is 0 Å². The molecule has 0 fully saturated rings. The molecule has 0 aliphatic rings. The van der Waals surface area contributed by atoms with Gasteiger partial charge >= 0.3 is 0 Å². The minimum Gasteiger partial charge on any atom is -0.463 e. The van der Waals surface area contributed by atoms with Crippen LogP contribution in [0.25, 0.3) is 16.6 Å². The fourth-order valence-corrected chi connectivity index (χ4v) is 3.22. The molecule has 3 aromatic heterocycles. The molecule has 25 heavy (non-hydrogen) atoms. The van der Waals surface area contributed by atoms with E-state index in [0.29, 0.717) is 29.9 Å². The van der Waals surface area contributed by atoms with Gasteiger partial charge in [-0.05, 0) is 19.8 Å². The van der Waals surface area contributed by atoms with Gasteiger partial charge in [-0.3, -0.25) is 14.0 Å². The SMILES string of the molecule is CCCCN(C)C(=O)C(CC)n1nc(C)n2c(cc3occc32)c1=O. The number of furan rings is 1. The van der Waals surface area contributed by atoms with Crippen LogP contribution in [0.5, 0.6) is 0 Å². The van der Waals surface area contributed by atoms with Gasteiger partial charge in [0.1, 0.15) is 17.4 Å². The van der Waals surface area contributed by atoms with E-state index >= 15 is 0 Å². The number of aryl methyl sites for hydroxylation is 1. The zero-order valence-electron chi connectivity index (χ0n) is 15.2. The van der Waals surface area contributed by atoms with E-state index in [1.807, 2.05) is 19.9 Å². The zero-order valence-corrected chi connectivity index (χ0v) is 15.2. The van der Waals surface area contributed by atoms with Crippen molar-refractivity contribution in [1.82, 2.24) is 19.1 Å². The molecule has 0 spiro atoms. The molecule has 134 valence electrons. The van der Waals surface area contributed by atoms with Crippen molar-refractivity contribution in [2.45, 2.75) is 46.1 Å². The molecule has 1 amide bonds. The summed E-state index contributed by atoms with van der Waals surface area (Å²) < 4.78 is 8.50. The number of rotatable bonds is 6. The van der Waals surface area contributed by atoms with Gasteiger partial charge in [0.05, 0.1) is 11.8 Å². The molecule has 1 atom stereocenters. The maximum Gasteiger partial charge on any atom is 0.291 e. The fraction of sp³-hybridized carbons (Fsp3) is 0.500. The molecule has 0 aliphatic carbocycles. The molecule has 0 saturated carbocycles. The van der Waals surface area contributed by atoms with Gasteiger partial charge in [-0.15, -0.1) is 0 Å². The van der Waals surface area contributed by atoms with E-state index in [1.54, 1.807) is 28.7 Å². The van der Waals surface area contributed by atoms with E-state index in [0.717, 1.165) is 18.4 Å². The minimum absolute atomic E-state index is 0.0791. The van der Waals surface area contributed by atoms with E-state index in [-0.39, 0.29) is 11.5 Å². The Balaban J connectivity index is 2.08. The Hall–Kier alpha value is -2.57. The number of unbranched alkanes of at least 4 members (excludes halogenated alkanes) is 1. The monoisotopic (exact) mass is 344 g/mol. The highest BCUT2D eigenvalue weighted by atomic mass is 16.3. The molecule has 0 bridgehead atoms. The Morgan fingerprint density at radius 2 is 2.12 bits per heavy atom. The number of carbonyl (C=O) groups is 1. The summed E-state index contributed by atoms with van der Waals surface area (Å²) in [4.78, 5) is 27.4. The van der Waals surface area contributed by atoms with Gasteiger partial charge < -0.3 is 9.32 Å². The van der Waals surface area contributed by atoms with Crippen LogP contribution in [0.1, 0.15) is 45.0 Å². The van der Waals surface area contributed by atoms with Crippen LogP contribution in [0.15, 0.2) is 27.6 Å². The van der Waals surface area contributed by atoms with Crippen molar-refractivity contribution in [3.05, 3.63) is 34.6 Å². The van der Waals surface area contributed by atoms with Crippen LogP contribution < -0.4 is 5.56 Å². The predicted octanol–water partition coefficient (Wildman–Crippen LogP) is 2.76. The summed E-state index contributed by atoms with van der Waals surface area (Å²) in [7, 11) is 1.78. The first-order valence-electron chi connectivity index (χ1n) is 8.72. The summed E-state index contributed by atoms with van der Waals surface area (Å²) in [6.07, 6.45) is 4.05. The van der Waals surface area contributed by atoms with Crippen LogP contribution >= 0.6 is 0 Å². The quantitative estimate of drug-likeness (QED) is 0.689. The lowest BCUT2D eigenvalue weighted by Gasteiger charge is -2.24. The molecule has 3 aromatic rings. The van der Waals surface area contributed by atoms with Crippen LogP contribution in [0.4, 0.5) is 0 Å². The third-order valence-electron chi connectivity index (χ3n) is 4.62. The zero-order chi connectivity index (χ0) is 18.1. The molecular weight excluding hydrogens is 320 g/mol. The van der Waals surface area contributed by atoms with Gasteiger partial charge in [0.2, 0.25) is 5.91 Å². The van der Waals surface area contributed by atoms with Crippen molar-refractivity contribution in [2.24, 2.45) is 0 Å². The van der Waals surface area contributed by atoms with E-state index in [2.05, 4.69) is 12.0 Å². The molecule has 0 radical (unpaired) electrons. The highest BCUT2D eigenvalue weighted by molar-refractivity contribution is 5.83. The molecule has 0 N–H and O–H groups in total. The first-order chi connectivity index (χ1) is 12.0. The maximum absolute atomic E-state index is 13.0. The number of likely N-dealkylation sites (N-methyl/N-ethyl adjacent to an activating group) is 1. The number of fused-ring (bicyclic) bond motifs is 3. The number of carbonyl (C=O) groups excluding carboxylic acids is 1. The van der Waals surface area contributed by atoms with E-state index in [9.17, 15) is 9.59 Å². The summed E-state index contributed by atoms with van der Waals surface area (Å²) in [5, 5.41) is 4.44. The average molecular weight is 344 g/mol. The Morgan fingerprint density at radius 3 is 2.80 bits per heavy atom. The largest absolute Gasteiger partial charge is 0.463 e. The Labute approximate surface area is 145 Å². The molecular formula is C18H24N4O3. The molecule has 0 saturated heterocycles. The van der Waals surface area contributed by atoms with Crippen LogP contribution in [0, 0.1) is 6.92 Å². The molecule has 0 aromatic carbocycles. The smallest absolute Gasteiger partial charge is 0.291 e. The maximum atomic E-state index is 13.0. The molecule has 7 nitrogen and oxygen atoms in total. The lowest BCUT2D eigenvalue weighted by atomic mass is 10.2. The topological polar surface area (TPSA) is 72.8 Å². The number of aromatic nitrogens is 3. The van der Waals surface area contributed by atoms with Crippen molar-refractivity contribution in [1.29, 1.82) is 0 Å². The van der Waals surface area contributed by atoms with Crippen LogP contribution in [-0.4, -0.2) is 38.6 Å². The fourth-order valence-electron chi connectivity index (χ4n) is 3.22. The second-order valence-electron chi connectivity index (χ2n) is 6.37. The standard InChI is InChI=1S/C18H24N4O3/c1-5-7-9-20(4)17(23)13(6-2)22-18(24)15-11-16-14(8-10-25-16)21(15)12(3)19-22/h8,10-11,13H,5-7,9H2,1-4H3. The number of hydrogen-bond acceptors (Lipinski definition) is 4. The normalized spacial score (nSPS) is 12.8. The summed E-state index contributed by atoms with van der Waals surface area (Å²) in [5.41, 5.74) is 1.65. The van der Waals surface area contributed by atoms with Gasteiger partial charge in [-0.1, -0.05) is 20.3 Å². The minimum atomic E-state index is -0.598. The third kappa shape index (κ3) is 2.83. The lowest BCUT2D eigenvalue weighted by Crippen LogP contribution is -2.40. The Morgan fingerprint density at radius 1 is 1.36 bits per heavy atom. The van der Waals surface area contributed by atoms with Gasteiger partial charge in [-0.2, -0.15) is 5.10 Å². The van der Waals surface area contributed by atoms with Crippen molar-refractivity contribution in [3.63, 3.8) is 0 Å². The van der Waals surface area contributed by atoms with E-state index in [1.165, 1.54) is 4.68 Å². The van der Waals surface area contributed by atoms with Gasteiger partial charge in [0.25, 0.3) is 5.56 Å². The van der Waals surface area contributed by atoms with Crippen LogP contribution in [-0.2, 0) is 4.79 Å². The Bertz CT molecular complexity index is 966. The number of amides is 1. The first-order valence-corrected chi connectivity index (χ1v) is 8.72. The average Bonchev–Trinajstić information content (AvgIpc) is 3.18. The summed E-state index contributed by atoms with van der Waals surface area (Å²) in [6, 6.07) is 2.92. The molecule has 3 rings (SSSR count). The first kappa shape index (κ1) is 17.3. The predicted molar refractivity (Wildman–Crippen MR) is 95.8 cm³/mol. The highest BCUT2D eigenvalue weighted by Gasteiger charge is 2.26. The third-order valence-corrected chi connectivity index (χ3v) is 4.62. The van der Waals surface area contributed by atoms with E-state index < -0.39 is 6.04 Å². The molecule has 7 heteroatoms. The molecule has 3 heterocycles. The Kier molecular flexibility index (Phi) is 4.65. The van der Waals surface area contributed by atoms with Gasteiger partial charge in [0.15, 0.2) is 5.58 Å².